The number of pyridine rings is 3. The number of rotatable bonds is 6. The molecule has 236 valence electrons. The number of hydrogen-bond donors (Lipinski definition) is 0. The Morgan fingerprint density at radius 2 is 1.27 bits per heavy atom. The van der Waals surface area contributed by atoms with Gasteiger partial charge in [-0.1, -0.05) is 139 Å². The number of fused-ring (bicyclic) bond motifs is 3. The fraction of sp³-hybridized carbons (Fsp3) is 0.119. The summed E-state index contributed by atoms with van der Waals surface area (Å²) in [6.45, 7) is 4.73. The van der Waals surface area contributed by atoms with E-state index < -0.39 is 8.80 Å². The average molecular weight is 727 g/mol. The average Bonchev–Trinajstić information content (AvgIpc) is 3.29. The molecule has 2 radical (unpaired) electrons. The third-order valence-corrected chi connectivity index (χ3v) is 12.7. The topological polar surface area (TPSA) is 41.9 Å². The zero-order valence-electron chi connectivity index (χ0n) is 27.0. The Morgan fingerprint density at radius 3 is 2.04 bits per heavy atom. The molecule has 0 saturated heterocycles. The van der Waals surface area contributed by atoms with Crippen LogP contribution in [0.4, 0.5) is 17.3 Å². The molecule has 8 rings (SSSR count). The predicted octanol–water partition coefficient (Wildman–Crippen LogP) is 8.38. The van der Waals surface area contributed by atoms with E-state index in [0.29, 0.717) is 0 Å². The van der Waals surface area contributed by atoms with Crippen LogP contribution in [0.5, 0.6) is 0 Å². The van der Waals surface area contributed by atoms with Crippen molar-refractivity contribution in [2.24, 2.45) is 0 Å². The van der Waals surface area contributed by atoms with Crippen LogP contribution < -0.4 is 15.3 Å². The van der Waals surface area contributed by atoms with Gasteiger partial charge < -0.3 is 0 Å². The van der Waals surface area contributed by atoms with Crippen LogP contribution in [0, 0.1) is 0 Å². The van der Waals surface area contributed by atoms with Gasteiger partial charge in [0.15, 0.2) is 0 Å². The van der Waals surface area contributed by atoms with E-state index in [4.69, 9.17) is 15.0 Å². The summed E-state index contributed by atoms with van der Waals surface area (Å²) in [6, 6.07) is 52.0. The van der Waals surface area contributed by atoms with Crippen molar-refractivity contribution in [3.63, 3.8) is 0 Å². The van der Waals surface area contributed by atoms with E-state index in [1.54, 1.807) is 0 Å². The van der Waals surface area contributed by atoms with E-state index in [1.807, 2.05) is 12.3 Å². The van der Waals surface area contributed by atoms with Gasteiger partial charge in [-0.15, -0.1) is 0 Å². The molecule has 3 aromatic heterocycles. The Bertz CT molecular complexity index is 2160. The summed E-state index contributed by atoms with van der Waals surface area (Å²) in [6.07, 6.45) is 3.71. The second-order valence-electron chi connectivity index (χ2n) is 12.6. The molecule has 0 saturated carbocycles. The van der Waals surface area contributed by atoms with Crippen molar-refractivity contribution in [3.05, 3.63) is 169 Å². The molecule has 1 aliphatic heterocycles. The summed E-state index contributed by atoms with van der Waals surface area (Å²) in [5.41, 5.74) is 7.62. The van der Waals surface area contributed by atoms with Gasteiger partial charge in [0.25, 0.3) is 0 Å². The van der Waals surface area contributed by atoms with Gasteiger partial charge in [0.05, 0.1) is 16.9 Å². The third-order valence-electron chi connectivity index (χ3n) is 9.33. The van der Waals surface area contributed by atoms with Crippen molar-refractivity contribution in [2.75, 3.05) is 4.90 Å². The maximum atomic E-state index is 5.53. The number of aryl methyl sites for hydroxylation is 2. The molecular formula is C42H35N4RhSi. The predicted molar refractivity (Wildman–Crippen MR) is 196 cm³/mol. The molecular weight excluding hydrogens is 691 g/mol. The van der Waals surface area contributed by atoms with Crippen LogP contribution in [-0.4, -0.2) is 23.7 Å². The van der Waals surface area contributed by atoms with Gasteiger partial charge >= 0.3 is 0 Å². The Morgan fingerprint density at radius 1 is 0.604 bits per heavy atom. The minimum Gasteiger partial charge on any atom is -0.278 e. The Kier molecular flexibility index (Phi) is 8.87. The van der Waals surface area contributed by atoms with Crippen molar-refractivity contribution in [2.45, 2.75) is 31.7 Å². The molecule has 6 heteroatoms. The Balaban J connectivity index is 0.00000364. The molecule has 0 atom stereocenters. The van der Waals surface area contributed by atoms with Crippen molar-refractivity contribution < 1.29 is 19.5 Å². The van der Waals surface area contributed by atoms with Crippen molar-refractivity contribution in [1.29, 1.82) is 0 Å². The molecule has 0 unspecified atom stereocenters. The molecule has 0 amide bonds. The molecule has 1 aliphatic rings. The smallest absolute Gasteiger partial charge is 0.142 e. The summed E-state index contributed by atoms with van der Waals surface area (Å²) in [5, 5.41) is 3.64. The van der Waals surface area contributed by atoms with E-state index >= 15 is 0 Å². The van der Waals surface area contributed by atoms with E-state index in [-0.39, 0.29) is 24.5 Å². The molecule has 4 aromatic carbocycles. The van der Waals surface area contributed by atoms with Crippen molar-refractivity contribution in [1.82, 2.24) is 15.0 Å². The molecule has 7 aromatic rings. The van der Waals surface area contributed by atoms with Gasteiger partial charge in [-0.2, -0.15) is 0 Å². The first-order valence-corrected chi connectivity index (χ1v) is 17.8. The fourth-order valence-electron chi connectivity index (χ4n) is 7.00. The molecule has 4 heterocycles. The number of anilines is 3. The number of hydrogen-bond acceptors (Lipinski definition) is 4. The summed E-state index contributed by atoms with van der Waals surface area (Å²) >= 11 is 0. The van der Waals surface area contributed by atoms with Crippen LogP contribution in [0.2, 0.25) is 0 Å². The molecule has 0 spiro atoms. The van der Waals surface area contributed by atoms with Crippen LogP contribution in [-0.2, 0) is 37.4 Å². The van der Waals surface area contributed by atoms with Crippen LogP contribution in [0.1, 0.15) is 30.7 Å². The van der Waals surface area contributed by atoms with E-state index in [9.17, 15) is 0 Å². The van der Waals surface area contributed by atoms with Gasteiger partial charge in [0.1, 0.15) is 20.4 Å². The first-order valence-electron chi connectivity index (χ1n) is 16.3. The zero-order valence-corrected chi connectivity index (χ0v) is 29.6. The third kappa shape index (κ3) is 5.80. The summed E-state index contributed by atoms with van der Waals surface area (Å²) in [5.74, 6) is 1.81. The minimum absolute atomic E-state index is 0. The van der Waals surface area contributed by atoms with Gasteiger partial charge in [-0.3, -0.25) is 9.88 Å². The normalized spacial score (nSPS) is 12.6. The zero-order chi connectivity index (χ0) is 31.8. The maximum absolute atomic E-state index is 5.53. The van der Waals surface area contributed by atoms with Crippen LogP contribution in [0.15, 0.2) is 152 Å². The molecule has 0 N–H and O–H groups in total. The monoisotopic (exact) mass is 726 g/mol. The van der Waals surface area contributed by atoms with E-state index in [0.717, 1.165) is 58.0 Å². The number of nitrogens with zero attached hydrogens (tertiary/aromatic N) is 4. The second kappa shape index (κ2) is 13.4. The van der Waals surface area contributed by atoms with Crippen molar-refractivity contribution in [3.8, 4) is 11.3 Å². The van der Waals surface area contributed by atoms with Crippen molar-refractivity contribution >= 4 is 47.4 Å². The van der Waals surface area contributed by atoms with Gasteiger partial charge in [-0.25, -0.2) is 9.97 Å². The standard InChI is InChI=1S/C42H35N4Si.Rh/c1-42(2,47(33-17-5-3-6-18-33)34-19-7-4-8-20-34)38-23-12-24-39(45-38)46-37-22-10-9-14-30(37)25-26-32-27-28-36(44-41(32)46)35-21-11-15-31-16-13-29-43-40(31)35;/h3-24,27-29H,25-26H2,1-2H3;. The molecule has 0 bridgehead atoms. The Hall–Kier alpha value is -4.77. The first-order chi connectivity index (χ1) is 23.1. The number of para-hydroxylation sites is 2. The summed E-state index contributed by atoms with van der Waals surface area (Å²) in [7, 11) is -1.27. The SMILES string of the molecule is CC(C)(c1cccc(N2c3ccccc3CCc3ccc(-c4cccc5cccnc45)nc32)n1)[Si](c1ccccc1)c1ccccc1.[Rh]. The molecule has 0 fully saturated rings. The maximum Gasteiger partial charge on any atom is 0.142 e. The van der Waals surface area contributed by atoms with Crippen LogP contribution in [0.25, 0.3) is 22.2 Å². The van der Waals surface area contributed by atoms with Gasteiger partial charge in [0.2, 0.25) is 0 Å². The summed E-state index contributed by atoms with van der Waals surface area (Å²) < 4.78 is 0. The molecule has 0 aliphatic carbocycles. The number of aromatic nitrogens is 3. The minimum atomic E-state index is -1.27. The quantitative estimate of drug-likeness (QED) is 0.162. The first kappa shape index (κ1) is 31.8. The molecule has 4 nitrogen and oxygen atoms in total. The summed E-state index contributed by atoms with van der Waals surface area (Å²) in [4.78, 5) is 18.0. The van der Waals surface area contributed by atoms with E-state index in [1.165, 1.54) is 21.5 Å². The fourth-order valence-corrected chi connectivity index (χ4v) is 10.2. The van der Waals surface area contributed by atoms with Gasteiger partial charge in [0, 0.05) is 47.4 Å². The van der Waals surface area contributed by atoms with Gasteiger partial charge in [-0.05, 0) is 54.3 Å². The second-order valence-corrected chi connectivity index (χ2v) is 15.8. The Labute approximate surface area is 296 Å². The van der Waals surface area contributed by atoms with Crippen LogP contribution >= 0.6 is 0 Å². The van der Waals surface area contributed by atoms with E-state index in [2.05, 4.69) is 158 Å². The number of benzene rings is 4. The largest absolute Gasteiger partial charge is 0.278 e. The molecule has 48 heavy (non-hydrogen) atoms. The van der Waals surface area contributed by atoms with Crippen LogP contribution in [0.3, 0.4) is 0 Å².